The van der Waals surface area contributed by atoms with Crippen molar-refractivity contribution in [1.82, 2.24) is 9.55 Å². The third-order valence-electron chi connectivity index (χ3n) is 3.95. The van der Waals surface area contributed by atoms with Crippen LogP contribution >= 0.6 is 23.2 Å². The van der Waals surface area contributed by atoms with Crippen LogP contribution in [-0.2, 0) is 6.61 Å². The van der Waals surface area contributed by atoms with Crippen molar-refractivity contribution < 1.29 is 4.74 Å². The van der Waals surface area contributed by atoms with Crippen LogP contribution < -0.4 is 4.74 Å². The number of halogens is 2. The first kappa shape index (κ1) is 16.2. The highest BCUT2D eigenvalue weighted by Crippen LogP contribution is 2.29. The Kier molecular flexibility index (Phi) is 4.79. The molecule has 0 radical (unpaired) electrons. The topological polar surface area (TPSA) is 27.1 Å². The van der Waals surface area contributed by atoms with Gasteiger partial charge in [-0.25, -0.2) is 4.98 Å². The molecule has 0 fully saturated rings. The van der Waals surface area contributed by atoms with Gasteiger partial charge in [-0.1, -0.05) is 42.3 Å². The van der Waals surface area contributed by atoms with Gasteiger partial charge in [-0.05, 0) is 43.7 Å². The molecule has 0 unspecified atom stereocenters. The zero-order valence-corrected chi connectivity index (χ0v) is 14.6. The number of benzene rings is 2. The molecule has 0 saturated heterocycles. The second-order valence-corrected chi connectivity index (χ2v) is 6.35. The molecule has 1 aromatic heterocycles. The monoisotopic (exact) mass is 348 g/mol. The minimum Gasteiger partial charge on any atom is -0.484 e. The van der Waals surface area contributed by atoms with E-state index in [1.807, 2.05) is 18.2 Å². The summed E-state index contributed by atoms with van der Waals surface area (Å²) in [6.45, 7) is 4.72. The lowest BCUT2D eigenvalue weighted by molar-refractivity contribution is 0.286. The quantitative estimate of drug-likeness (QED) is 0.574. The maximum absolute atomic E-state index is 6.17. The van der Waals surface area contributed by atoms with E-state index in [2.05, 4.69) is 24.5 Å². The summed E-state index contributed by atoms with van der Waals surface area (Å²) in [5, 5.41) is 1.10. The van der Waals surface area contributed by atoms with E-state index in [-0.39, 0.29) is 0 Å². The molecule has 5 heteroatoms. The summed E-state index contributed by atoms with van der Waals surface area (Å²) < 4.78 is 8.10. The van der Waals surface area contributed by atoms with Gasteiger partial charge in [-0.15, -0.1) is 0 Å². The Bertz CT molecular complexity index is 829. The van der Waals surface area contributed by atoms with Crippen molar-refractivity contribution in [2.45, 2.75) is 32.9 Å². The molecular weight excluding hydrogens is 331 g/mol. The fraction of sp³-hybridized carbons (Fsp3) is 0.278. The van der Waals surface area contributed by atoms with Crippen LogP contribution in [-0.4, -0.2) is 9.55 Å². The van der Waals surface area contributed by atoms with Crippen LogP contribution in [0, 0.1) is 0 Å². The number of rotatable bonds is 5. The summed E-state index contributed by atoms with van der Waals surface area (Å²) in [5.74, 6) is 1.50. The van der Waals surface area contributed by atoms with Crippen LogP contribution in [0.5, 0.6) is 5.75 Å². The van der Waals surface area contributed by atoms with E-state index >= 15 is 0 Å². The standard InChI is InChI=1S/C18H18Cl2N2O/c1-3-12(2)22-16-7-5-4-6-15(16)21-18(22)11-23-17-9-8-13(19)10-14(17)20/h4-10,12H,3,11H2,1-2H3/t12-/m0/s1. The summed E-state index contributed by atoms with van der Waals surface area (Å²) in [4.78, 5) is 4.71. The van der Waals surface area contributed by atoms with Crippen molar-refractivity contribution in [3.8, 4) is 5.75 Å². The van der Waals surface area contributed by atoms with E-state index in [1.165, 1.54) is 0 Å². The Labute approximate surface area is 145 Å². The Morgan fingerprint density at radius 3 is 2.70 bits per heavy atom. The maximum atomic E-state index is 6.17. The first-order chi connectivity index (χ1) is 11.1. The molecule has 3 rings (SSSR count). The van der Waals surface area contributed by atoms with E-state index in [0.717, 1.165) is 23.3 Å². The van der Waals surface area contributed by atoms with Crippen molar-refractivity contribution in [1.29, 1.82) is 0 Å². The van der Waals surface area contributed by atoms with Gasteiger partial charge < -0.3 is 9.30 Å². The van der Waals surface area contributed by atoms with Crippen LogP contribution in [0.2, 0.25) is 10.0 Å². The van der Waals surface area contributed by atoms with Crippen LogP contribution in [0.1, 0.15) is 32.1 Å². The summed E-state index contributed by atoms with van der Waals surface area (Å²) in [7, 11) is 0. The zero-order valence-electron chi connectivity index (χ0n) is 13.1. The molecule has 120 valence electrons. The third kappa shape index (κ3) is 3.31. The largest absolute Gasteiger partial charge is 0.484 e. The van der Waals surface area contributed by atoms with Crippen molar-refractivity contribution in [3.63, 3.8) is 0 Å². The number of hydrogen-bond acceptors (Lipinski definition) is 2. The molecule has 23 heavy (non-hydrogen) atoms. The second-order valence-electron chi connectivity index (χ2n) is 5.51. The molecule has 3 nitrogen and oxygen atoms in total. The SMILES string of the molecule is CC[C@H](C)n1c(COc2ccc(Cl)cc2Cl)nc2ccccc21. The molecule has 0 aliphatic carbocycles. The van der Waals surface area contributed by atoms with Gasteiger partial charge in [0, 0.05) is 11.1 Å². The first-order valence-corrected chi connectivity index (χ1v) is 8.39. The van der Waals surface area contributed by atoms with Crippen LogP contribution in [0.25, 0.3) is 11.0 Å². The molecule has 0 amide bonds. The Balaban J connectivity index is 1.93. The molecular formula is C18H18Cl2N2O. The Morgan fingerprint density at radius 2 is 1.96 bits per heavy atom. The van der Waals surface area contributed by atoms with Crippen LogP contribution in [0.15, 0.2) is 42.5 Å². The van der Waals surface area contributed by atoms with Crippen molar-refractivity contribution in [2.75, 3.05) is 0 Å². The average Bonchev–Trinajstić information content (AvgIpc) is 2.91. The lowest BCUT2D eigenvalue weighted by Gasteiger charge is -2.16. The minimum absolute atomic E-state index is 0.349. The fourth-order valence-corrected chi connectivity index (χ4v) is 3.07. The first-order valence-electron chi connectivity index (χ1n) is 7.64. The second kappa shape index (κ2) is 6.81. The van der Waals surface area contributed by atoms with Crippen molar-refractivity contribution in [3.05, 3.63) is 58.3 Å². The van der Waals surface area contributed by atoms with Gasteiger partial charge in [-0.3, -0.25) is 0 Å². The van der Waals surface area contributed by atoms with Gasteiger partial charge in [0.15, 0.2) is 0 Å². The van der Waals surface area contributed by atoms with E-state index in [4.69, 9.17) is 32.9 Å². The maximum Gasteiger partial charge on any atom is 0.148 e. The lowest BCUT2D eigenvalue weighted by Crippen LogP contribution is -2.11. The lowest BCUT2D eigenvalue weighted by atomic mass is 10.2. The molecule has 0 aliphatic heterocycles. The van der Waals surface area contributed by atoms with Gasteiger partial charge in [0.05, 0.1) is 16.1 Å². The molecule has 0 aliphatic rings. The van der Waals surface area contributed by atoms with Gasteiger partial charge in [-0.2, -0.15) is 0 Å². The van der Waals surface area contributed by atoms with Gasteiger partial charge >= 0.3 is 0 Å². The molecule has 1 atom stereocenters. The van der Waals surface area contributed by atoms with E-state index in [1.54, 1.807) is 18.2 Å². The number of imidazole rings is 1. The van der Waals surface area contributed by atoms with Crippen molar-refractivity contribution in [2.24, 2.45) is 0 Å². The highest BCUT2D eigenvalue weighted by molar-refractivity contribution is 6.35. The smallest absolute Gasteiger partial charge is 0.148 e. The molecule has 0 bridgehead atoms. The summed E-state index contributed by atoms with van der Waals surface area (Å²) in [6, 6.07) is 13.7. The summed E-state index contributed by atoms with van der Waals surface area (Å²) in [5.41, 5.74) is 2.11. The van der Waals surface area contributed by atoms with Gasteiger partial charge in [0.2, 0.25) is 0 Å². The van der Waals surface area contributed by atoms with Gasteiger partial charge in [0.1, 0.15) is 18.2 Å². The molecule has 2 aromatic carbocycles. The molecule has 0 spiro atoms. The van der Waals surface area contributed by atoms with Gasteiger partial charge in [0.25, 0.3) is 0 Å². The van der Waals surface area contributed by atoms with Crippen LogP contribution in [0.4, 0.5) is 0 Å². The number of hydrogen-bond donors (Lipinski definition) is 0. The highest BCUT2D eigenvalue weighted by Gasteiger charge is 2.15. The highest BCUT2D eigenvalue weighted by atomic mass is 35.5. The minimum atomic E-state index is 0.349. The zero-order chi connectivity index (χ0) is 16.4. The van der Waals surface area contributed by atoms with E-state index in [0.29, 0.717) is 28.4 Å². The Morgan fingerprint density at radius 1 is 1.17 bits per heavy atom. The normalized spacial score (nSPS) is 12.5. The summed E-state index contributed by atoms with van der Waals surface area (Å²) in [6.07, 6.45) is 1.02. The predicted molar refractivity (Wildman–Crippen MR) is 95.5 cm³/mol. The number of ether oxygens (including phenoxy) is 1. The number of aromatic nitrogens is 2. The third-order valence-corrected chi connectivity index (χ3v) is 4.48. The van der Waals surface area contributed by atoms with Crippen LogP contribution in [0.3, 0.4) is 0 Å². The van der Waals surface area contributed by atoms with E-state index in [9.17, 15) is 0 Å². The molecule has 0 saturated carbocycles. The number of para-hydroxylation sites is 2. The van der Waals surface area contributed by atoms with E-state index < -0.39 is 0 Å². The average molecular weight is 349 g/mol. The number of fused-ring (bicyclic) bond motifs is 1. The number of nitrogens with zero attached hydrogens (tertiary/aromatic N) is 2. The Hall–Kier alpha value is -1.71. The predicted octanol–water partition coefficient (Wildman–Crippen LogP) is 5.89. The molecule has 1 heterocycles. The molecule has 3 aromatic rings. The summed E-state index contributed by atoms with van der Waals surface area (Å²) >= 11 is 12.1. The van der Waals surface area contributed by atoms with Crippen molar-refractivity contribution >= 4 is 34.2 Å². The fourth-order valence-electron chi connectivity index (χ4n) is 2.61. The molecule has 0 N–H and O–H groups in total.